The second-order valence-electron chi connectivity index (χ2n) is 5.13. The Morgan fingerprint density at radius 3 is 3.05 bits per heavy atom. The molecule has 1 aromatic rings. The number of ether oxygens (including phenoxy) is 2. The summed E-state index contributed by atoms with van der Waals surface area (Å²) in [6.07, 6.45) is 0.501. The summed E-state index contributed by atoms with van der Waals surface area (Å²) >= 11 is 0. The number of β-amino-alcohol motifs (C(OH)–C–C–N with tert-alkyl or cyclic N) is 1. The van der Waals surface area contributed by atoms with Crippen LogP contribution in [0.3, 0.4) is 0 Å². The third kappa shape index (κ3) is 4.10. The summed E-state index contributed by atoms with van der Waals surface area (Å²) in [4.78, 5) is 2.27. The van der Waals surface area contributed by atoms with Gasteiger partial charge in [0.15, 0.2) is 0 Å². The van der Waals surface area contributed by atoms with Crippen LogP contribution in [-0.2, 0) is 4.74 Å². The molecule has 0 spiro atoms. The lowest BCUT2D eigenvalue weighted by Gasteiger charge is -2.36. The molecule has 112 valence electrons. The molecular formula is C15H24N2O3. The molecule has 2 unspecified atom stereocenters. The van der Waals surface area contributed by atoms with Gasteiger partial charge in [-0.25, -0.2) is 0 Å². The first-order valence-corrected chi connectivity index (χ1v) is 7.18. The Bertz CT molecular complexity index is 414. The number of benzene rings is 1. The van der Waals surface area contributed by atoms with Gasteiger partial charge in [0, 0.05) is 19.1 Å². The summed E-state index contributed by atoms with van der Waals surface area (Å²) in [5.74, 6) is 0.626. The molecule has 20 heavy (non-hydrogen) atoms. The number of nitrogen functional groups attached to an aromatic ring is 1. The molecule has 5 nitrogen and oxygen atoms in total. The van der Waals surface area contributed by atoms with Crippen LogP contribution in [0.1, 0.15) is 13.3 Å². The molecule has 2 atom stereocenters. The first kappa shape index (κ1) is 15.1. The fourth-order valence-corrected chi connectivity index (χ4v) is 2.43. The van der Waals surface area contributed by atoms with Crippen molar-refractivity contribution < 1.29 is 14.6 Å². The van der Waals surface area contributed by atoms with Crippen molar-refractivity contribution in [2.45, 2.75) is 25.5 Å². The van der Waals surface area contributed by atoms with Crippen molar-refractivity contribution >= 4 is 5.69 Å². The van der Waals surface area contributed by atoms with Crippen LogP contribution in [0.4, 0.5) is 5.69 Å². The second kappa shape index (κ2) is 7.47. The van der Waals surface area contributed by atoms with E-state index in [0.717, 1.165) is 26.2 Å². The fourth-order valence-electron chi connectivity index (χ4n) is 2.43. The number of aliphatic hydroxyl groups excluding tert-OH is 1. The maximum Gasteiger partial charge on any atom is 0.142 e. The van der Waals surface area contributed by atoms with Gasteiger partial charge < -0.3 is 20.3 Å². The van der Waals surface area contributed by atoms with Crippen LogP contribution in [0.5, 0.6) is 5.75 Å². The maximum absolute atomic E-state index is 10.1. The van der Waals surface area contributed by atoms with Crippen molar-refractivity contribution in [2.24, 2.45) is 0 Å². The van der Waals surface area contributed by atoms with Crippen LogP contribution in [-0.4, -0.2) is 55.1 Å². The Morgan fingerprint density at radius 2 is 2.30 bits per heavy atom. The molecule has 2 rings (SSSR count). The van der Waals surface area contributed by atoms with E-state index in [2.05, 4.69) is 11.8 Å². The molecule has 0 amide bonds. The minimum atomic E-state index is -0.526. The van der Waals surface area contributed by atoms with Crippen LogP contribution < -0.4 is 10.5 Å². The van der Waals surface area contributed by atoms with Gasteiger partial charge in [0.2, 0.25) is 0 Å². The highest BCUT2D eigenvalue weighted by atomic mass is 16.5. The quantitative estimate of drug-likeness (QED) is 0.764. The molecule has 0 radical (unpaired) electrons. The highest BCUT2D eigenvalue weighted by Gasteiger charge is 2.23. The Labute approximate surface area is 120 Å². The largest absolute Gasteiger partial charge is 0.489 e. The number of hydrogen-bond acceptors (Lipinski definition) is 5. The minimum Gasteiger partial charge on any atom is -0.489 e. The van der Waals surface area contributed by atoms with Gasteiger partial charge in [-0.2, -0.15) is 0 Å². The van der Waals surface area contributed by atoms with Crippen LogP contribution in [0.25, 0.3) is 0 Å². The Kier molecular flexibility index (Phi) is 5.64. The summed E-state index contributed by atoms with van der Waals surface area (Å²) in [6.45, 7) is 5.34. The third-order valence-corrected chi connectivity index (χ3v) is 3.62. The SMILES string of the molecule is CCC1COCCN1CC(O)COc1ccccc1N. The van der Waals surface area contributed by atoms with Gasteiger partial charge in [-0.05, 0) is 18.6 Å². The average Bonchev–Trinajstić information content (AvgIpc) is 2.47. The molecule has 0 aliphatic carbocycles. The molecule has 5 heteroatoms. The molecule has 1 aliphatic rings. The number of morpholine rings is 1. The Morgan fingerprint density at radius 1 is 1.50 bits per heavy atom. The molecule has 0 saturated carbocycles. The highest BCUT2D eigenvalue weighted by Crippen LogP contribution is 2.20. The highest BCUT2D eigenvalue weighted by molar-refractivity contribution is 5.51. The van der Waals surface area contributed by atoms with E-state index in [0.29, 0.717) is 24.0 Å². The zero-order valence-electron chi connectivity index (χ0n) is 12.0. The lowest BCUT2D eigenvalue weighted by Crippen LogP contribution is -2.49. The van der Waals surface area contributed by atoms with Crippen LogP contribution >= 0.6 is 0 Å². The molecule has 1 fully saturated rings. The van der Waals surface area contributed by atoms with E-state index in [1.165, 1.54) is 0 Å². The number of rotatable bonds is 6. The van der Waals surface area contributed by atoms with Crippen molar-refractivity contribution in [1.29, 1.82) is 0 Å². The normalized spacial score (nSPS) is 21.6. The molecule has 0 aromatic heterocycles. The minimum absolute atomic E-state index is 0.252. The smallest absolute Gasteiger partial charge is 0.142 e. The Hall–Kier alpha value is -1.30. The molecule has 1 aliphatic heterocycles. The van der Waals surface area contributed by atoms with Gasteiger partial charge in [0.05, 0.1) is 18.9 Å². The van der Waals surface area contributed by atoms with Gasteiger partial charge in [-0.1, -0.05) is 19.1 Å². The van der Waals surface area contributed by atoms with Crippen LogP contribution in [0.2, 0.25) is 0 Å². The van der Waals surface area contributed by atoms with Gasteiger partial charge in [-0.3, -0.25) is 4.90 Å². The zero-order chi connectivity index (χ0) is 14.4. The summed E-state index contributed by atoms with van der Waals surface area (Å²) in [5, 5.41) is 10.1. The standard InChI is InChI=1S/C15H24N2O3/c1-2-12-10-19-8-7-17(12)9-13(18)11-20-15-6-4-3-5-14(15)16/h3-6,12-13,18H,2,7-11,16H2,1H3. The maximum atomic E-state index is 10.1. The number of para-hydroxylation sites is 2. The second-order valence-corrected chi connectivity index (χ2v) is 5.13. The van der Waals surface area contributed by atoms with E-state index in [1.54, 1.807) is 6.07 Å². The number of nitrogens with zero attached hydrogens (tertiary/aromatic N) is 1. The van der Waals surface area contributed by atoms with E-state index in [4.69, 9.17) is 15.2 Å². The topological polar surface area (TPSA) is 68.0 Å². The van der Waals surface area contributed by atoms with Gasteiger partial charge in [0.25, 0.3) is 0 Å². The van der Waals surface area contributed by atoms with E-state index < -0.39 is 6.10 Å². The molecular weight excluding hydrogens is 256 g/mol. The molecule has 0 bridgehead atoms. The van der Waals surface area contributed by atoms with E-state index in [9.17, 15) is 5.11 Å². The van der Waals surface area contributed by atoms with Crippen molar-refractivity contribution in [1.82, 2.24) is 4.90 Å². The van der Waals surface area contributed by atoms with Gasteiger partial charge in [0.1, 0.15) is 18.5 Å². The van der Waals surface area contributed by atoms with Crippen molar-refractivity contribution in [2.75, 3.05) is 38.6 Å². The van der Waals surface area contributed by atoms with Crippen LogP contribution in [0.15, 0.2) is 24.3 Å². The summed E-state index contributed by atoms with van der Waals surface area (Å²) < 4.78 is 11.0. The van der Waals surface area contributed by atoms with Gasteiger partial charge in [-0.15, -0.1) is 0 Å². The predicted octanol–water partition coefficient (Wildman–Crippen LogP) is 1.12. The number of nitrogens with two attached hydrogens (primary N) is 1. The zero-order valence-corrected chi connectivity index (χ0v) is 12.0. The fraction of sp³-hybridized carbons (Fsp3) is 0.600. The van der Waals surface area contributed by atoms with Gasteiger partial charge >= 0.3 is 0 Å². The van der Waals surface area contributed by atoms with Crippen molar-refractivity contribution in [3.8, 4) is 5.75 Å². The average molecular weight is 280 g/mol. The van der Waals surface area contributed by atoms with Crippen molar-refractivity contribution in [3.05, 3.63) is 24.3 Å². The number of anilines is 1. The van der Waals surface area contributed by atoms with E-state index in [1.807, 2.05) is 18.2 Å². The lowest BCUT2D eigenvalue weighted by molar-refractivity contribution is -0.0333. The number of hydrogen-bond donors (Lipinski definition) is 2. The first-order valence-electron chi connectivity index (χ1n) is 7.18. The first-order chi connectivity index (χ1) is 9.70. The predicted molar refractivity (Wildman–Crippen MR) is 78.8 cm³/mol. The molecule has 1 heterocycles. The molecule has 3 N–H and O–H groups in total. The number of aliphatic hydroxyl groups is 1. The summed E-state index contributed by atoms with van der Waals surface area (Å²) in [6, 6.07) is 7.72. The van der Waals surface area contributed by atoms with E-state index >= 15 is 0 Å². The monoisotopic (exact) mass is 280 g/mol. The Balaban J connectivity index is 1.80. The third-order valence-electron chi connectivity index (χ3n) is 3.62. The molecule has 1 aromatic carbocycles. The van der Waals surface area contributed by atoms with Crippen LogP contribution in [0, 0.1) is 0 Å². The summed E-state index contributed by atoms with van der Waals surface area (Å²) in [7, 11) is 0. The van der Waals surface area contributed by atoms with E-state index in [-0.39, 0.29) is 6.61 Å². The molecule has 1 saturated heterocycles. The lowest BCUT2D eigenvalue weighted by atomic mass is 10.1. The summed E-state index contributed by atoms with van der Waals surface area (Å²) in [5.41, 5.74) is 6.40. The van der Waals surface area contributed by atoms with Crippen molar-refractivity contribution in [3.63, 3.8) is 0 Å².